The van der Waals surface area contributed by atoms with Gasteiger partial charge < -0.3 is 19.3 Å². The molecule has 3 atom stereocenters. The maximum absolute atomic E-state index is 12.9. The van der Waals surface area contributed by atoms with Crippen molar-refractivity contribution in [3.63, 3.8) is 0 Å². The summed E-state index contributed by atoms with van der Waals surface area (Å²) in [6.07, 6.45) is 19.6. The van der Waals surface area contributed by atoms with Crippen molar-refractivity contribution in [1.29, 1.82) is 0 Å². The summed E-state index contributed by atoms with van der Waals surface area (Å²) in [6.45, 7) is 6.63. The Labute approximate surface area is 237 Å². The minimum absolute atomic E-state index is 0.266. The van der Waals surface area contributed by atoms with E-state index in [1.165, 1.54) is 64.2 Å². The molecule has 0 spiro atoms. The van der Waals surface area contributed by atoms with Crippen LogP contribution in [0.1, 0.15) is 162 Å². The van der Waals surface area contributed by atoms with E-state index in [0.717, 1.165) is 44.9 Å². The van der Waals surface area contributed by atoms with Gasteiger partial charge in [-0.25, -0.2) is 4.79 Å². The molecule has 0 aromatic heterocycles. The van der Waals surface area contributed by atoms with Crippen LogP contribution in [-0.4, -0.2) is 40.5 Å². The van der Waals surface area contributed by atoms with Gasteiger partial charge in [0.2, 0.25) is 0 Å². The molecule has 0 amide bonds. The van der Waals surface area contributed by atoms with Crippen molar-refractivity contribution in [3.8, 4) is 0 Å². The van der Waals surface area contributed by atoms with Crippen LogP contribution in [0, 0.1) is 5.92 Å². The van der Waals surface area contributed by atoms with Crippen LogP contribution in [0.3, 0.4) is 0 Å². The molecular weight excluding hydrogens is 496 g/mol. The molecule has 0 aromatic rings. The topological polar surface area (TPSA) is 99.1 Å². The van der Waals surface area contributed by atoms with E-state index in [-0.39, 0.29) is 6.42 Å². The minimum Gasteiger partial charge on any atom is -0.454 e. The van der Waals surface area contributed by atoms with Crippen LogP contribution in [0.4, 0.5) is 0 Å². The summed E-state index contributed by atoms with van der Waals surface area (Å²) in [7, 11) is 0. The zero-order valence-corrected chi connectivity index (χ0v) is 25.1. The fraction of sp³-hybridized carbons (Fsp3) is 0.906. The average Bonchev–Trinajstić information content (AvgIpc) is 2.93. The Hall–Kier alpha value is -1.63. The van der Waals surface area contributed by atoms with E-state index >= 15 is 0 Å². The normalized spacial score (nSPS) is 25.2. The molecule has 2 saturated heterocycles. The minimum atomic E-state index is -2.23. The van der Waals surface area contributed by atoms with Crippen molar-refractivity contribution in [3.05, 3.63) is 0 Å². The van der Waals surface area contributed by atoms with Gasteiger partial charge in [0.25, 0.3) is 5.79 Å². The highest BCUT2D eigenvalue weighted by atomic mass is 16.8. The van der Waals surface area contributed by atoms with E-state index in [1.54, 1.807) is 0 Å². The fourth-order valence-corrected chi connectivity index (χ4v) is 5.77. The van der Waals surface area contributed by atoms with Crippen LogP contribution >= 0.6 is 0 Å². The zero-order valence-electron chi connectivity index (χ0n) is 25.1. The molecule has 226 valence electrons. The Morgan fingerprint density at radius 3 is 1.79 bits per heavy atom. The Balaban J connectivity index is 1.82. The highest BCUT2D eigenvalue weighted by molar-refractivity contribution is 5.92. The molecule has 2 aliphatic heterocycles. The van der Waals surface area contributed by atoms with Crippen molar-refractivity contribution in [2.45, 2.75) is 180 Å². The average molecular weight is 553 g/mol. The Morgan fingerprint density at radius 2 is 1.23 bits per heavy atom. The Bertz CT molecular complexity index is 736. The van der Waals surface area contributed by atoms with Crippen LogP contribution < -0.4 is 0 Å². The molecule has 0 aliphatic carbocycles. The Kier molecular flexibility index (Phi) is 15.4. The van der Waals surface area contributed by atoms with Gasteiger partial charge in [0.15, 0.2) is 11.7 Å². The summed E-state index contributed by atoms with van der Waals surface area (Å²) >= 11 is 0. The molecule has 7 nitrogen and oxygen atoms in total. The maximum atomic E-state index is 12.9. The largest absolute Gasteiger partial charge is 0.454 e. The molecule has 0 saturated carbocycles. The van der Waals surface area contributed by atoms with Crippen molar-refractivity contribution in [2.75, 3.05) is 0 Å². The first-order chi connectivity index (χ1) is 18.7. The molecule has 7 heteroatoms. The molecular formula is C32H56O7. The predicted octanol–water partition coefficient (Wildman–Crippen LogP) is 7.70. The first-order valence-electron chi connectivity index (χ1n) is 16.1. The van der Waals surface area contributed by atoms with Gasteiger partial charge >= 0.3 is 17.9 Å². The molecule has 2 aliphatic rings. The number of carbonyl (C=O) groups excluding carboxylic acids is 3. The summed E-state index contributed by atoms with van der Waals surface area (Å²) in [6, 6.07) is 0. The second-order valence-corrected chi connectivity index (χ2v) is 12.4. The third-order valence-corrected chi connectivity index (χ3v) is 8.20. The quantitative estimate of drug-likeness (QED) is 0.115. The molecule has 3 unspecified atom stereocenters. The number of rotatable bonds is 21. The van der Waals surface area contributed by atoms with Crippen molar-refractivity contribution < 1.29 is 33.7 Å². The summed E-state index contributed by atoms with van der Waals surface area (Å²) < 4.78 is 17.2. The van der Waals surface area contributed by atoms with Crippen LogP contribution in [0.25, 0.3) is 0 Å². The molecule has 39 heavy (non-hydrogen) atoms. The highest BCUT2D eigenvalue weighted by Gasteiger charge is 2.58. The van der Waals surface area contributed by atoms with Gasteiger partial charge in [-0.05, 0) is 25.2 Å². The van der Waals surface area contributed by atoms with Gasteiger partial charge in [0.1, 0.15) is 0 Å². The molecule has 0 aromatic carbocycles. The second kappa shape index (κ2) is 17.9. The molecule has 2 heterocycles. The SMILES string of the molecule is CCCCCCCCCCCCCCCCC12OC(=O)CC(O)(CC(=O)OC1CCCCCC(C)C)C(=O)O2. The zero-order chi connectivity index (χ0) is 28.6. The number of ether oxygens (including phenoxy) is 3. The molecule has 0 radical (unpaired) electrons. The lowest BCUT2D eigenvalue weighted by molar-refractivity contribution is -0.273. The smallest absolute Gasteiger partial charge is 0.342 e. The first-order valence-corrected chi connectivity index (χ1v) is 16.1. The lowest BCUT2D eigenvalue weighted by atomic mass is 9.93. The van der Waals surface area contributed by atoms with E-state index in [2.05, 4.69) is 20.8 Å². The summed E-state index contributed by atoms with van der Waals surface area (Å²) in [5.41, 5.74) is -2.23. The van der Waals surface area contributed by atoms with Crippen molar-refractivity contribution >= 4 is 17.9 Å². The number of esters is 3. The summed E-state index contributed by atoms with van der Waals surface area (Å²) in [4.78, 5) is 38.2. The van der Waals surface area contributed by atoms with Crippen LogP contribution in [-0.2, 0) is 28.6 Å². The predicted molar refractivity (Wildman–Crippen MR) is 152 cm³/mol. The first kappa shape index (κ1) is 33.6. The number of cyclic esters (lactones) is 1. The van der Waals surface area contributed by atoms with E-state index in [0.29, 0.717) is 18.8 Å². The van der Waals surface area contributed by atoms with E-state index in [4.69, 9.17) is 14.2 Å². The van der Waals surface area contributed by atoms with Gasteiger partial charge in [0.05, 0.1) is 12.8 Å². The fourth-order valence-electron chi connectivity index (χ4n) is 5.77. The third-order valence-electron chi connectivity index (χ3n) is 8.20. The van der Waals surface area contributed by atoms with Crippen molar-refractivity contribution in [2.24, 2.45) is 5.92 Å². The second-order valence-electron chi connectivity index (χ2n) is 12.4. The van der Waals surface area contributed by atoms with Gasteiger partial charge in [0, 0.05) is 6.42 Å². The summed E-state index contributed by atoms with van der Waals surface area (Å²) in [5, 5.41) is 10.7. The number of hydrogen-bond acceptors (Lipinski definition) is 7. The van der Waals surface area contributed by atoms with E-state index in [9.17, 15) is 19.5 Å². The summed E-state index contributed by atoms with van der Waals surface area (Å²) in [5.74, 6) is -3.41. The molecule has 2 rings (SSSR count). The van der Waals surface area contributed by atoms with Gasteiger partial charge in [-0.2, -0.15) is 0 Å². The van der Waals surface area contributed by atoms with Crippen molar-refractivity contribution in [1.82, 2.24) is 0 Å². The number of fused-ring (bicyclic) bond motifs is 3. The van der Waals surface area contributed by atoms with Gasteiger partial charge in [-0.15, -0.1) is 0 Å². The number of aliphatic hydroxyl groups is 1. The lowest BCUT2D eigenvalue weighted by Gasteiger charge is -2.39. The Morgan fingerprint density at radius 1 is 0.718 bits per heavy atom. The number of hydrogen-bond donors (Lipinski definition) is 1. The monoisotopic (exact) mass is 552 g/mol. The van der Waals surface area contributed by atoms with Crippen LogP contribution in [0.15, 0.2) is 0 Å². The third kappa shape index (κ3) is 12.2. The molecule has 2 bridgehead atoms. The van der Waals surface area contributed by atoms with Crippen LogP contribution in [0.5, 0.6) is 0 Å². The lowest BCUT2D eigenvalue weighted by Crippen LogP contribution is -2.55. The van der Waals surface area contributed by atoms with Crippen LogP contribution in [0.2, 0.25) is 0 Å². The molecule has 1 N–H and O–H groups in total. The number of unbranched alkanes of at least 4 members (excludes halogenated alkanes) is 15. The van der Waals surface area contributed by atoms with Gasteiger partial charge in [-0.3, -0.25) is 9.59 Å². The van der Waals surface area contributed by atoms with Gasteiger partial charge in [-0.1, -0.05) is 124 Å². The molecule has 2 fully saturated rings. The maximum Gasteiger partial charge on any atom is 0.342 e. The van der Waals surface area contributed by atoms with E-state index < -0.39 is 48.2 Å². The number of carbonyl (C=O) groups is 3. The standard InChI is InChI=1S/C32H56O7/c1-4-5-6-7-8-9-10-11-12-13-14-15-16-20-23-32-27(22-19-17-18-21-26(2)3)37-28(33)24-31(36,30(35)39-32)25-29(34)38-32/h26-27,36H,4-25H2,1-3H3. The van der Waals surface area contributed by atoms with E-state index in [1.807, 2.05) is 0 Å². The highest BCUT2D eigenvalue weighted by Crippen LogP contribution is 2.39.